The number of aromatic nitrogens is 1. The number of furan rings is 1. The van der Waals surface area contributed by atoms with E-state index in [2.05, 4.69) is 10.3 Å². The summed E-state index contributed by atoms with van der Waals surface area (Å²) in [7, 11) is 0. The van der Waals surface area contributed by atoms with Crippen LogP contribution in [0.1, 0.15) is 19.3 Å². The first-order valence-corrected chi connectivity index (χ1v) is 9.85. The molecule has 4 rings (SSSR count). The van der Waals surface area contributed by atoms with Gasteiger partial charge in [-0.1, -0.05) is 12.1 Å². The first-order chi connectivity index (χ1) is 13.4. The van der Waals surface area contributed by atoms with Crippen LogP contribution in [0, 0.1) is 5.92 Å². The summed E-state index contributed by atoms with van der Waals surface area (Å²) in [6.45, 7) is 0.196. The molecule has 0 bridgehead atoms. The Bertz CT molecular complexity index is 973. The summed E-state index contributed by atoms with van der Waals surface area (Å²) >= 11 is -0.147. The van der Waals surface area contributed by atoms with E-state index in [1.165, 1.54) is 12.1 Å². The van der Waals surface area contributed by atoms with E-state index in [0.717, 1.165) is 24.9 Å². The van der Waals surface area contributed by atoms with Gasteiger partial charge < -0.3 is 14.8 Å². The van der Waals surface area contributed by atoms with Crippen LogP contribution in [-0.4, -0.2) is 28.2 Å². The Labute approximate surface area is 164 Å². The summed E-state index contributed by atoms with van der Waals surface area (Å²) in [4.78, 5) is 4.43. The first-order valence-electron chi connectivity index (χ1n) is 9.03. The normalized spacial score (nSPS) is 20.0. The summed E-state index contributed by atoms with van der Waals surface area (Å²) in [6, 6.07) is 10.0. The molecule has 2 atom stereocenters. The topological polar surface area (TPSA) is 58.3 Å². The van der Waals surface area contributed by atoms with Crippen LogP contribution in [0.3, 0.4) is 0 Å². The van der Waals surface area contributed by atoms with Crippen molar-refractivity contribution in [1.82, 2.24) is 4.98 Å². The van der Waals surface area contributed by atoms with Crippen LogP contribution in [0.2, 0.25) is 0 Å². The summed E-state index contributed by atoms with van der Waals surface area (Å²) in [5.41, 5.74) is -1.73. The van der Waals surface area contributed by atoms with Crippen LogP contribution >= 0.6 is 11.8 Å². The molecule has 28 heavy (non-hydrogen) atoms. The van der Waals surface area contributed by atoms with Crippen LogP contribution in [0.4, 0.5) is 18.9 Å². The van der Waals surface area contributed by atoms with Crippen molar-refractivity contribution in [3.05, 3.63) is 42.6 Å². The molecule has 0 aliphatic heterocycles. The van der Waals surface area contributed by atoms with Gasteiger partial charge in [0.25, 0.3) is 0 Å². The highest BCUT2D eigenvalue weighted by atomic mass is 32.2. The SMILES string of the molecule is OCC1CCC(Nc2ccnc3cc(-c4cccc(SC(F)(F)F)c4)oc23)C1. The molecule has 2 aromatic heterocycles. The number of aliphatic hydroxyl groups is 1. The van der Waals surface area contributed by atoms with E-state index in [4.69, 9.17) is 4.42 Å². The number of aliphatic hydroxyl groups excluding tert-OH is 1. The van der Waals surface area contributed by atoms with E-state index < -0.39 is 5.51 Å². The third-order valence-electron chi connectivity index (χ3n) is 4.92. The fourth-order valence-electron chi connectivity index (χ4n) is 3.63. The van der Waals surface area contributed by atoms with Crippen LogP contribution in [0.15, 0.2) is 51.9 Å². The van der Waals surface area contributed by atoms with E-state index in [1.807, 2.05) is 6.07 Å². The predicted molar refractivity (Wildman–Crippen MR) is 103 cm³/mol. The fourth-order valence-corrected chi connectivity index (χ4v) is 4.23. The maximum absolute atomic E-state index is 12.6. The van der Waals surface area contributed by atoms with Gasteiger partial charge in [0, 0.05) is 35.4 Å². The van der Waals surface area contributed by atoms with Crippen molar-refractivity contribution >= 4 is 28.5 Å². The maximum Gasteiger partial charge on any atom is 0.446 e. The van der Waals surface area contributed by atoms with Gasteiger partial charge in [-0.2, -0.15) is 13.2 Å². The lowest BCUT2D eigenvalue weighted by Gasteiger charge is -2.14. The quantitative estimate of drug-likeness (QED) is 0.532. The molecule has 0 saturated heterocycles. The molecular weight excluding hydrogens is 389 g/mol. The number of alkyl halides is 3. The third kappa shape index (κ3) is 4.28. The fraction of sp³-hybridized carbons (Fsp3) is 0.350. The molecule has 4 nitrogen and oxygen atoms in total. The number of pyridine rings is 1. The maximum atomic E-state index is 12.6. The molecule has 1 aliphatic rings. The molecule has 0 radical (unpaired) electrons. The lowest BCUT2D eigenvalue weighted by atomic mass is 10.1. The molecule has 0 amide bonds. The minimum atomic E-state index is -4.33. The van der Waals surface area contributed by atoms with E-state index in [9.17, 15) is 18.3 Å². The van der Waals surface area contributed by atoms with Crippen molar-refractivity contribution in [3.63, 3.8) is 0 Å². The summed E-state index contributed by atoms with van der Waals surface area (Å²) < 4.78 is 43.9. The predicted octanol–water partition coefficient (Wildman–Crippen LogP) is 5.68. The molecule has 1 saturated carbocycles. The molecule has 1 aliphatic carbocycles. The van der Waals surface area contributed by atoms with Gasteiger partial charge in [0.2, 0.25) is 0 Å². The lowest BCUT2D eigenvalue weighted by Crippen LogP contribution is -2.16. The number of hydrogen-bond acceptors (Lipinski definition) is 5. The Kier molecular flexibility index (Phi) is 5.25. The van der Waals surface area contributed by atoms with Crippen molar-refractivity contribution in [1.29, 1.82) is 0 Å². The van der Waals surface area contributed by atoms with Gasteiger partial charge in [0.1, 0.15) is 11.3 Å². The highest BCUT2D eigenvalue weighted by molar-refractivity contribution is 8.00. The van der Waals surface area contributed by atoms with Crippen LogP contribution in [0.25, 0.3) is 22.4 Å². The minimum absolute atomic E-state index is 0.109. The van der Waals surface area contributed by atoms with Crippen molar-refractivity contribution in [2.24, 2.45) is 5.92 Å². The number of fused-ring (bicyclic) bond motifs is 1. The van der Waals surface area contributed by atoms with Gasteiger partial charge >= 0.3 is 5.51 Å². The van der Waals surface area contributed by atoms with Crippen molar-refractivity contribution in [2.75, 3.05) is 11.9 Å². The molecule has 8 heteroatoms. The molecular formula is C20H19F3N2O2S. The number of rotatable bonds is 5. The number of benzene rings is 1. The second-order valence-corrected chi connectivity index (χ2v) is 8.10. The molecule has 2 N–H and O–H groups in total. The molecule has 1 aromatic carbocycles. The average Bonchev–Trinajstić information content (AvgIpc) is 3.27. The molecule has 0 spiro atoms. The van der Waals surface area contributed by atoms with Gasteiger partial charge in [-0.3, -0.25) is 4.98 Å². The summed E-state index contributed by atoms with van der Waals surface area (Å²) in [5, 5.41) is 12.8. The van der Waals surface area contributed by atoms with E-state index in [-0.39, 0.29) is 29.3 Å². The van der Waals surface area contributed by atoms with Gasteiger partial charge in [-0.05, 0) is 55.1 Å². The van der Waals surface area contributed by atoms with Gasteiger partial charge in [0.15, 0.2) is 5.58 Å². The number of anilines is 1. The number of hydrogen-bond donors (Lipinski definition) is 2. The number of nitrogens with zero attached hydrogens (tertiary/aromatic N) is 1. The second kappa shape index (κ2) is 7.67. The molecule has 2 heterocycles. The van der Waals surface area contributed by atoms with Crippen molar-refractivity contribution < 1.29 is 22.7 Å². The standard InChI is InChI=1S/C20H19F3N2O2S/c21-20(22,23)28-15-3-1-2-13(9-15)18-10-17-19(27-18)16(6-7-24-17)25-14-5-4-12(8-14)11-26/h1-3,6-7,9-10,12,14,26H,4-5,8,11H2,(H,24,25). The van der Waals surface area contributed by atoms with E-state index in [1.54, 1.807) is 24.4 Å². The Hall–Kier alpha value is -2.19. The van der Waals surface area contributed by atoms with Gasteiger partial charge in [-0.15, -0.1) is 0 Å². The number of halogens is 3. The lowest BCUT2D eigenvalue weighted by molar-refractivity contribution is -0.0328. The van der Waals surface area contributed by atoms with Crippen LogP contribution < -0.4 is 5.32 Å². The Morgan fingerprint density at radius 2 is 2.07 bits per heavy atom. The van der Waals surface area contributed by atoms with Gasteiger partial charge in [-0.25, -0.2) is 0 Å². The average molecular weight is 408 g/mol. The van der Waals surface area contributed by atoms with Crippen molar-refractivity contribution in [2.45, 2.75) is 35.7 Å². The van der Waals surface area contributed by atoms with Gasteiger partial charge in [0.05, 0.1) is 5.69 Å². The number of nitrogens with one attached hydrogen (secondary N) is 1. The first kappa shape index (κ1) is 19.1. The molecule has 3 aromatic rings. The Balaban J connectivity index is 1.61. The molecule has 2 unspecified atom stereocenters. The zero-order valence-corrected chi connectivity index (χ0v) is 15.7. The van der Waals surface area contributed by atoms with E-state index >= 15 is 0 Å². The smallest absolute Gasteiger partial charge is 0.446 e. The zero-order valence-electron chi connectivity index (χ0n) is 14.9. The van der Waals surface area contributed by atoms with Crippen LogP contribution in [0.5, 0.6) is 0 Å². The highest BCUT2D eigenvalue weighted by Crippen LogP contribution is 2.39. The Morgan fingerprint density at radius 1 is 1.21 bits per heavy atom. The molecule has 1 fully saturated rings. The second-order valence-electron chi connectivity index (χ2n) is 6.96. The summed E-state index contributed by atoms with van der Waals surface area (Å²) in [5.74, 6) is 0.789. The minimum Gasteiger partial charge on any atom is -0.452 e. The molecule has 148 valence electrons. The summed E-state index contributed by atoms with van der Waals surface area (Å²) in [6.07, 6.45) is 4.53. The van der Waals surface area contributed by atoms with E-state index in [0.29, 0.717) is 28.3 Å². The van der Waals surface area contributed by atoms with Crippen LogP contribution in [-0.2, 0) is 0 Å². The third-order valence-corrected chi connectivity index (χ3v) is 5.64. The zero-order chi connectivity index (χ0) is 19.7. The number of thioether (sulfide) groups is 1. The largest absolute Gasteiger partial charge is 0.452 e. The Morgan fingerprint density at radius 3 is 2.82 bits per heavy atom. The monoisotopic (exact) mass is 408 g/mol. The highest BCUT2D eigenvalue weighted by Gasteiger charge is 2.29. The van der Waals surface area contributed by atoms with Crippen molar-refractivity contribution in [3.8, 4) is 11.3 Å².